The molecule has 0 saturated carbocycles. The van der Waals surface area contributed by atoms with Gasteiger partial charge in [-0.1, -0.05) is 66.7 Å². The molecule has 1 N–H and O–H groups in total. The fraction of sp³-hybridized carbons (Fsp3) is 0.375. The molecular formula is C24H28N2O. The molecule has 3 heterocycles. The first-order valence-electron chi connectivity index (χ1n) is 9.93. The van der Waals surface area contributed by atoms with Gasteiger partial charge in [-0.3, -0.25) is 9.69 Å². The second kappa shape index (κ2) is 7.69. The van der Waals surface area contributed by atoms with Crippen molar-refractivity contribution in [3.8, 4) is 0 Å². The number of nitrogens with one attached hydrogen (secondary N) is 1. The van der Waals surface area contributed by atoms with Gasteiger partial charge in [-0.05, 0) is 48.9 Å². The summed E-state index contributed by atoms with van der Waals surface area (Å²) in [5, 5.41) is 3.24. The van der Waals surface area contributed by atoms with Gasteiger partial charge in [0, 0.05) is 12.0 Å². The van der Waals surface area contributed by atoms with E-state index in [0.29, 0.717) is 0 Å². The minimum atomic E-state index is 0.115. The van der Waals surface area contributed by atoms with Gasteiger partial charge in [-0.15, -0.1) is 6.58 Å². The van der Waals surface area contributed by atoms with Crippen molar-refractivity contribution in [3.05, 3.63) is 84.4 Å². The molecular weight excluding hydrogens is 332 g/mol. The Morgan fingerprint density at radius 1 is 1.04 bits per heavy atom. The lowest BCUT2D eigenvalue weighted by Crippen LogP contribution is -2.69. The Bertz CT molecular complexity index is 726. The summed E-state index contributed by atoms with van der Waals surface area (Å²) in [4.78, 5) is 14.2. The van der Waals surface area contributed by atoms with Crippen molar-refractivity contribution in [1.82, 2.24) is 10.2 Å². The van der Waals surface area contributed by atoms with Gasteiger partial charge in [0.15, 0.2) is 0 Å². The van der Waals surface area contributed by atoms with Crippen LogP contribution in [0, 0.1) is 5.41 Å². The van der Waals surface area contributed by atoms with Crippen LogP contribution in [-0.2, 0) is 4.79 Å². The number of hydrogen-bond donors (Lipinski definition) is 1. The zero-order valence-electron chi connectivity index (χ0n) is 15.8. The van der Waals surface area contributed by atoms with Gasteiger partial charge < -0.3 is 5.32 Å². The normalized spacial score (nSPS) is 29.4. The van der Waals surface area contributed by atoms with Crippen LogP contribution in [0.15, 0.2) is 73.3 Å². The lowest BCUT2D eigenvalue weighted by Gasteiger charge is -2.60. The first-order chi connectivity index (χ1) is 13.3. The van der Waals surface area contributed by atoms with E-state index in [9.17, 15) is 4.79 Å². The zero-order chi connectivity index (χ0) is 18.7. The Hall–Kier alpha value is -2.39. The van der Waals surface area contributed by atoms with E-state index >= 15 is 0 Å². The first-order valence-corrected chi connectivity index (χ1v) is 9.93. The maximum absolute atomic E-state index is 11.6. The van der Waals surface area contributed by atoms with Crippen LogP contribution < -0.4 is 5.32 Å². The molecule has 3 aliphatic heterocycles. The van der Waals surface area contributed by atoms with Gasteiger partial charge in [0.25, 0.3) is 0 Å². The van der Waals surface area contributed by atoms with Crippen LogP contribution in [0.1, 0.15) is 36.3 Å². The fourth-order valence-corrected chi connectivity index (χ4v) is 5.43. The maximum atomic E-state index is 11.6. The van der Waals surface area contributed by atoms with Gasteiger partial charge in [0.1, 0.15) is 0 Å². The average Bonchev–Trinajstić information content (AvgIpc) is 2.72. The van der Waals surface area contributed by atoms with E-state index in [-0.39, 0.29) is 23.4 Å². The molecule has 1 amide bonds. The van der Waals surface area contributed by atoms with Crippen LogP contribution in [0.25, 0.3) is 0 Å². The van der Waals surface area contributed by atoms with Gasteiger partial charge in [0.2, 0.25) is 6.41 Å². The van der Waals surface area contributed by atoms with E-state index in [4.69, 9.17) is 0 Å². The summed E-state index contributed by atoms with van der Waals surface area (Å²) in [5.41, 5.74) is 2.74. The number of hydrogen-bond acceptors (Lipinski definition) is 2. The highest BCUT2D eigenvalue weighted by atomic mass is 16.1. The standard InChI is InChI=1S/C24H28N2O/c1-2-13-24-14-16-26(17-15-24)22(23(24)25-18-27)21(19-9-5-3-6-10-19)20-11-7-4-8-12-20/h2-12,18,21-23H,1,13-17H2,(H,25,27). The smallest absolute Gasteiger partial charge is 0.207 e. The summed E-state index contributed by atoms with van der Waals surface area (Å²) in [5.74, 6) is 0.231. The van der Waals surface area contributed by atoms with Crippen molar-refractivity contribution < 1.29 is 4.79 Å². The van der Waals surface area contributed by atoms with E-state index in [1.54, 1.807) is 0 Å². The van der Waals surface area contributed by atoms with E-state index in [2.05, 4.69) is 77.5 Å². The van der Waals surface area contributed by atoms with E-state index < -0.39 is 0 Å². The van der Waals surface area contributed by atoms with Crippen LogP contribution in [0.4, 0.5) is 0 Å². The maximum Gasteiger partial charge on any atom is 0.207 e. The number of fused-ring (bicyclic) bond motifs is 3. The predicted octanol–water partition coefficient (Wildman–Crippen LogP) is 3.97. The van der Waals surface area contributed by atoms with Gasteiger partial charge in [-0.2, -0.15) is 0 Å². The summed E-state index contributed by atoms with van der Waals surface area (Å²) in [6.45, 7) is 6.19. The molecule has 3 fully saturated rings. The van der Waals surface area contributed by atoms with Crippen molar-refractivity contribution in [2.75, 3.05) is 13.1 Å². The van der Waals surface area contributed by atoms with Crippen molar-refractivity contribution in [2.24, 2.45) is 5.41 Å². The summed E-state index contributed by atoms with van der Waals surface area (Å²) in [6.07, 6.45) is 6.14. The second-order valence-electron chi connectivity index (χ2n) is 7.94. The third kappa shape index (κ3) is 3.21. The van der Waals surface area contributed by atoms with Crippen LogP contribution in [0.3, 0.4) is 0 Å². The van der Waals surface area contributed by atoms with Crippen molar-refractivity contribution in [1.29, 1.82) is 0 Å². The highest BCUT2D eigenvalue weighted by Gasteiger charge is 2.54. The molecule has 27 heavy (non-hydrogen) atoms. The van der Waals surface area contributed by atoms with Gasteiger partial charge in [-0.25, -0.2) is 0 Å². The summed E-state index contributed by atoms with van der Waals surface area (Å²) in [6, 6.07) is 21.9. The van der Waals surface area contributed by atoms with Crippen LogP contribution in [-0.4, -0.2) is 36.5 Å². The predicted molar refractivity (Wildman–Crippen MR) is 110 cm³/mol. The lowest BCUT2D eigenvalue weighted by atomic mass is 9.60. The molecule has 0 aliphatic carbocycles. The number of allylic oxidation sites excluding steroid dienone is 1. The first kappa shape index (κ1) is 18.0. The van der Waals surface area contributed by atoms with Crippen LogP contribution >= 0.6 is 0 Å². The minimum Gasteiger partial charge on any atom is -0.354 e. The fourth-order valence-electron chi connectivity index (χ4n) is 5.43. The SMILES string of the molecule is C=CCC12CCN(CC1)C(C(c1ccccc1)c1ccccc1)C2NC=O. The monoisotopic (exact) mass is 360 g/mol. The third-order valence-corrected chi connectivity index (χ3v) is 6.67. The summed E-state index contributed by atoms with van der Waals surface area (Å²) >= 11 is 0. The molecule has 5 rings (SSSR count). The number of amides is 1. The summed E-state index contributed by atoms with van der Waals surface area (Å²) in [7, 11) is 0. The third-order valence-electron chi connectivity index (χ3n) is 6.67. The molecule has 3 aliphatic rings. The molecule has 0 aromatic heterocycles. The average molecular weight is 361 g/mol. The lowest BCUT2D eigenvalue weighted by molar-refractivity contribution is -0.116. The van der Waals surface area contributed by atoms with Gasteiger partial charge >= 0.3 is 0 Å². The van der Waals surface area contributed by atoms with Crippen molar-refractivity contribution >= 4 is 6.41 Å². The number of nitrogens with zero attached hydrogens (tertiary/aromatic N) is 1. The summed E-state index contributed by atoms with van der Waals surface area (Å²) < 4.78 is 0. The van der Waals surface area contributed by atoms with E-state index in [1.165, 1.54) is 11.1 Å². The molecule has 140 valence electrons. The Kier molecular flexibility index (Phi) is 5.13. The molecule has 0 radical (unpaired) electrons. The van der Waals surface area contributed by atoms with Crippen LogP contribution in [0.5, 0.6) is 0 Å². The molecule has 2 bridgehead atoms. The zero-order valence-corrected chi connectivity index (χ0v) is 15.8. The Balaban J connectivity index is 1.82. The molecule has 3 nitrogen and oxygen atoms in total. The second-order valence-corrected chi connectivity index (χ2v) is 7.94. The topological polar surface area (TPSA) is 32.3 Å². The van der Waals surface area contributed by atoms with Crippen molar-refractivity contribution in [3.63, 3.8) is 0 Å². The largest absolute Gasteiger partial charge is 0.354 e. The molecule has 2 aromatic carbocycles. The molecule has 3 saturated heterocycles. The highest BCUT2D eigenvalue weighted by molar-refractivity contribution is 5.48. The highest BCUT2D eigenvalue weighted by Crippen LogP contribution is 2.50. The molecule has 2 atom stereocenters. The molecule has 3 heteroatoms. The van der Waals surface area contributed by atoms with E-state index in [0.717, 1.165) is 38.8 Å². The number of piperidine rings is 3. The number of carbonyl (C=O) groups is 1. The molecule has 2 unspecified atom stereocenters. The quantitative estimate of drug-likeness (QED) is 0.598. The molecule has 0 spiro atoms. The van der Waals surface area contributed by atoms with E-state index in [1.807, 2.05) is 6.08 Å². The number of rotatable bonds is 7. The number of benzene rings is 2. The van der Waals surface area contributed by atoms with Crippen LogP contribution in [0.2, 0.25) is 0 Å². The minimum absolute atomic E-state index is 0.115. The number of carbonyl (C=O) groups excluding carboxylic acids is 1. The van der Waals surface area contributed by atoms with Gasteiger partial charge in [0.05, 0.1) is 6.04 Å². The van der Waals surface area contributed by atoms with Crippen molar-refractivity contribution in [2.45, 2.75) is 37.3 Å². The Morgan fingerprint density at radius 2 is 1.59 bits per heavy atom. The molecule has 2 aromatic rings. The Morgan fingerprint density at radius 3 is 2.07 bits per heavy atom. The Labute approximate surface area is 162 Å².